The van der Waals surface area contributed by atoms with E-state index >= 15 is 0 Å². The zero-order valence-corrected chi connectivity index (χ0v) is 16.2. The maximum absolute atomic E-state index is 11.2. The highest BCUT2D eigenvalue weighted by atomic mass is 16.3. The first-order valence-corrected chi connectivity index (χ1v) is 9.57. The third-order valence-electron chi connectivity index (χ3n) is 7.05. The van der Waals surface area contributed by atoms with Crippen LogP contribution >= 0.6 is 0 Å². The van der Waals surface area contributed by atoms with E-state index in [1.54, 1.807) is 0 Å². The number of allylic oxidation sites excluding steroid dienone is 1. The van der Waals surface area contributed by atoms with Gasteiger partial charge in [-0.05, 0) is 60.5 Å². The molecule has 26 heavy (non-hydrogen) atoms. The Morgan fingerprint density at radius 1 is 1.08 bits per heavy atom. The van der Waals surface area contributed by atoms with Gasteiger partial charge in [-0.2, -0.15) is 0 Å². The smallest absolute Gasteiger partial charge is 0.168 e. The van der Waals surface area contributed by atoms with E-state index in [4.69, 9.17) is 0 Å². The van der Waals surface area contributed by atoms with Crippen LogP contribution in [0.3, 0.4) is 0 Å². The molecule has 4 heteroatoms. The summed E-state index contributed by atoms with van der Waals surface area (Å²) < 4.78 is 0. The Balaban J connectivity index is 2.18. The lowest BCUT2D eigenvalue weighted by Crippen LogP contribution is -2.47. The van der Waals surface area contributed by atoms with Gasteiger partial charge in [-0.15, -0.1) is 0 Å². The molecule has 2 aliphatic carbocycles. The molecule has 3 rings (SSSR count). The second kappa shape index (κ2) is 6.33. The molecule has 0 spiro atoms. The van der Waals surface area contributed by atoms with E-state index in [0.29, 0.717) is 18.1 Å². The van der Waals surface area contributed by atoms with E-state index in [-0.39, 0.29) is 39.2 Å². The van der Waals surface area contributed by atoms with Gasteiger partial charge in [0.25, 0.3) is 0 Å². The Morgan fingerprint density at radius 2 is 1.77 bits per heavy atom. The molecule has 0 aliphatic heterocycles. The van der Waals surface area contributed by atoms with Crippen LogP contribution in [-0.4, -0.2) is 21.6 Å². The molecule has 1 unspecified atom stereocenters. The normalized spacial score (nSPS) is 32.2. The maximum atomic E-state index is 11.2. The van der Waals surface area contributed by atoms with Crippen molar-refractivity contribution in [3.8, 4) is 17.2 Å². The minimum atomic E-state index is -0.383. The van der Waals surface area contributed by atoms with E-state index in [2.05, 4.69) is 27.7 Å². The van der Waals surface area contributed by atoms with Crippen molar-refractivity contribution >= 4 is 12.4 Å². The lowest BCUT2D eigenvalue weighted by atomic mass is 9.48. The van der Waals surface area contributed by atoms with Gasteiger partial charge in [-0.3, -0.25) is 4.79 Å². The molecule has 0 radical (unpaired) electrons. The topological polar surface area (TPSA) is 77.8 Å². The number of carbonyl (C=O) groups excluding carboxylic acids is 1. The average molecular weight is 358 g/mol. The van der Waals surface area contributed by atoms with E-state index < -0.39 is 0 Å². The van der Waals surface area contributed by atoms with E-state index in [9.17, 15) is 20.1 Å². The number of hydrogen-bond acceptors (Lipinski definition) is 4. The van der Waals surface area contributed by atoms with Gasteiger partial charge in [0.2, 0.25) is 0 Å². The predicted octanol–water partition coefficient (Wildman–Crippen LogP) is 5.26. The van der Waals surface area contributed by atoms with Crippen molar-refractivity contribution in [3.63, 3.8) is 0 Å². The lowest BCUT2D eigenvalue weighted by molar-refractivity contribution is -0.00535. The number of benzene rings is 1. The van der Waals surface area contributed by atoms with Crippen LogP contribution in [0.1, 0.15) is 75.7 Å². The average Bonchev–Trinajstić information content (AvgIpc) is 2.56. The number of carbonyl (C=O) groups is 1. The van der Waals surface area contributed by atoms with Crippen LogP contribution in [0.15, 0.2) is 11.6 Å². The Bertz CT molecular complexity index is 762. The third kappa shape index (κ3) is 2.80. The van der Waals surface area contributed by atoms with Gasteiger partial charge >= 0.3 is 0 Å². The first kappa shape index (κ1) is 18.8. The summed E-state index contributed by atoms with van der Waals surface area (Å²) in [4.78, 5) is 11.2. The Hall–Kier alpha value is -1.97. The van der Waals surface area contributed by atoms with Crippen molar-refractivity contribution in [2.75, 3.05) is 0 Å². The van der Waals surface area contributed by atoms with Gasteiger partial charge < -0.3 is 15.3 Å². The fourth-order valence-corrected chi connectivity index (χ4v) is 5.69. The van der Waals surface area contributed by atoms with Crippen molar-refractivity contribution in [1.82, 2.24) is 0 Å². The van der Waals surface area contributed by atoms with Crippen LogP contribution in [0.4, 0.5) is 0 Å². The Labute approximate surface area is 155 Å². The fraction of sp³-hybridized carbons (Fsp3) is 0.591. The second-order valence-corrected chi connectivity index (χ2v) is 9.10. The molecule has 1 aromatic carbocycles. The van der Waals surface area contributed by atoms with Gasteiger partial charge in [-0.1, -0.05) is 39.7 Å². The van der Waals surface area contributed by atoms with Crippen molar-refractivity contribution in [1.29, 1.82) is 0 Å². The number of aromatic hydroxyl groups is 3. The SMILES string of the molecule is C[C@H]1CCC2C(C)(C)CCC[C@]2(C)C1=Cc1c(O)c(O)cc(C=O)c1O. The van der Waals surface area contributed by atoms with Crippen LogP contribution in [-0.2, 0) is 0 Å². The van der Waals surface area contributed by atoms with Crippen molar-refractivity contribution < 1.29 is 20.1 Å². The number of aldehydes is 1. The molecule has 0 amide bonds. The molecule has 0 bridgehead atoms. The van der Waals surface area contributed by atoms with Crippen molar-refractivity contribution in [2.45, 2.75) is 59.8 Å². The van der Waals surface area contributed by atoms with Crippen LogP contribution < -0.4 is 0 Å². The number of fused-ring (bicyclic) bond motifs is 1. The number of phenols is 3. The molecule has 0 saturated heterocycles. The quantitative estimate of drug-likeness (QED) is 0.383. The largest absolute Gasteiger partial charge is 0.506 e. The van der Waals surface area contributed by atoms with Crippen LogP contribution in [0, 0.1) is 22.7 Å². The summed E-state index contributed by atoms with van der Waals surface area (Å²) in [6, 6.07) is 1.10. The van der Waals surface area contributed by atoms with E-state index in [1.165, 1.54) is 18.4 Å². The molecular weight excluding hydrogens is 328 g/mol. The first-order valence-electron chi connectivity index (χ1n) is 9.57. The zero-order valence-electron chi connectivity index (χ0n) is 16.2. The standard InChI is InChI=1S/C22H30O4/c1-13-6-7-18-21(2,3)8-5-9-22(18,4)16(13)11-15-19(25)14(12-23)10-17(24)20(15)26/h10-13,18,24-26H,5-9H2,1-4H3/t13-,18?,22+/m0/s1. The van der Waals surface area contributed by atoms with Gasteiger partial charge in [0.05, 0.1) is 11.1 Å². The second-order valence-electron chi connectivity index (χ2n) is 9.10. The molecule has 2 saturated carbocycles. The minimum Gasteiger partial charge on any atom is -0.506 e. The molecule has 3 N–H and O–H groups in total. The van der Waals surface area contributed by atoms with Gasteiger partial charge in [0.1, 0.15) is 5.75 Å². The summed E-state index contributed by atoms with van der Waals surface area (Å²) in [6.07, 6.45) is 8.02. The molecule has 0 heterocycles. The third-order valence-corrected chi connectivity index (χ3v) is 7.05. The molecule has 4 nitrogen and oxygen atoms in total. The predicted molar refractivity (Wildman–Crippen MR) is 102 cm³/mol. The highest BCUT2D eigenvalue weighted by molar-refractivity contribution is 5.86. The van der Waals surface area contributed by atoms with E-state index in [0.717, 1.165) is 25.3 Å². The highest BCUT2D eigenvalue weighted by Gasteiger charge is 2.51. The maximum Gasteiger partial charge on any atom is 0.168 e. The molecule has 0 aromatic heterocycles. The molecule has 1 aromatic rings. The van der Waals surface area contributed by atoms with Crippen LogP contribution in [0.25, 0.3) is 6.08 Å². The number of rotatable bonds is 2. The summed E-state index contributed by atoms with van der Waals surface area (Å²) in [5.41, 5.74) is 1.59. The van der Waals surface area contributed by atoms with Crippen LogP contribution in [0.5, 0.6) is 17.2 Å². The van der Waals surface area contributed by atoms with Crippen molar-refractivity contribution in [2.24, 2.45) is 22.7 Å². The Morgan fingerprint density at radius 3 is 2.42 bits per heavy atom. The summed E-state index contributed by atoms with van der Waals surface area (Å²) in [5, 5.41) is 30.7. The van der Waals surface area contributed by atoms with Crippen LogP contribution in [0.2, 0.25) is 0 Å². The molecular formula is C22H30O4. The first-order chi connectivity index (χ1) is 12.1. The Kier molecular flexibility index (Phi) is 4.58. The minimum absolute atomic E-state index is 0.00883. The molecule has 2 fully saturated rings. The monoisotopic (exact) mass is 358 g/mol. The summed E-state index contributed by atoms with van der Waals surface area (Å²) in [6.45, 7) is 9.18. The summed E-state index contributed by atoms with van der Waals surface area (Å²) in [5.74, 6) is -0.153. The zero-order chi connectivity index (χ0) is 19.3. The lowest BCUT2D eigenvalue weighted by Gasteiger charge is -2.56. The summed E-state index contributed by atoms with van der Waals surface area (Å²) in [7, 11) is 0. The molecule has 142 valence electrons. The molecule has 2 aliphatic rings. The van der Waals surface area contributed by atoms with Gasteiger partial charge in [0, 0.05) is 0 Å². The van der Waals surface area contributed by atoms with E-state index in [1.807, 2.05) is 6.08 Å². The highest BCUT2D eigenvalue weighted by Crippen LogP contribution is 2.61. The number of phenolic OH excluding ortho intramolecular Hbond substituents is 3. The molecule has 3 atom stereocenters. The number of hydrogen-bond donors (Lipinski definition) is 3. The summed E-state index contributed by atoms with van der Waals surface area (Å²) >= 11 is 0. The van der Waals surface area contributed by atoms with Gasteiger partial charge in [-0.25, -0.2) is 0 Å². The van der Waals surface area contributed by atoms with Gasteiger partial charge in [0.15, 0.2) is 17.8 Å². The fourth-order valence-electron chi connectivity index (χ4n) is 5.69. The van der Waals surface area contributed by atoms with Crippen molar-refractivity contribution in [3.05, 3.63) is 22.8 Å².